The van der Waals surface area contributed by atoms with E-state index in [-0.39, 0.29) is 17.0 Å². The molecule has 1 N–H and O–H groups in total. The lowest BCUT2D eigenvalue weighted by atomic mass is 9.75. The molecule has 1 unspecified atom stereocenters. The van der Waals surface area contributed by atoms with E-state index >= 15 is 0 Å². The average Bonchev–Trinajstić information content (AvgIpc) is 3.10. The van der Waals surface area contributed by atoms with Crippen LogP contribution in [0.2, 0.25) is 0 Å². The van der Waals surface area contributed by atoms with Gasteiger partial charge in [0.2, 0.25) is 0 Å². The van der Waals surface area contributed by atoms with Crippen molar-refractivity contribution in [3.8, 4) is 6.07 Å². The van der Waals surface area contributed by atoms with Crippen LogP contribution in [0.3, 0.4) is 0 Å². The maximum atomic E-state index is 13.2. The van der Waals surface area contributed by atoms with E-state index in [1.54, 1.807) is 23.1 Å². The molecule has 0 saturated heterocycles. The minimum Gasteiger partial charge on any atom is -0.378 e. The molecule has 136 valence electrons. The van der Waals surface area contributed by atoms with Gasteiger partial charge in [0.1, 0.15) is 0 Å². The van der Waals surface area contributed by atoms with Crippen molar-refractivity contribution in [2.45, 2.75) is 38.9 Å². The molecule has 5 nitrogen and oxygen atoms in total. The molecule has 2 aromatic rings. The van der Waals surface area contributed by atoms with Gasteiger partial charge >= 0.3 is 6.18 Å². The standard InChI is InChI=1S/C18H18F3N5/c1-17(2)6-5-14(26-8-7-23-25-26)10-16(17)24-13-4-3-12(11-22)15(9-13)18(19,20)21/h3-4,7-10,16,24H,5-6H2,1-2H3. The number of rotatable bonds is 3. The van der Waals surface area contributed by atoms with Crippen molar-refractivity contribution in [3.05, 3.63) is 47.8 Å². The number of nitriles is 1. The van der Waals surface area contributed by atoms with Crippen molar-refractivity contribution in [2.75, 3.05) is 5.32 Å². The van der Waals surface area contributed by atoms with E-state index in [0.717, 1.165) is 24.6 Å². The number of halogens is 3. The third-order valence-corrected chi connectivity index (χ3v) is 4.71. The second kappa shape index (κ2) is 6.48. The SMILES string of the molecule is CC1(C)CCC(n2ccnn2)=CC1Nc1ccc(C#N)c(C(F)(F)F)c1. The molecule has 26 heavy (non-hydrogen) atoms. The van der Waals surface area contributed by atoms with Gasteiger partial charge in [0.25, 0.3) is 0 Å². The molecule has 1 heterocycles. The lowest BCUT2D eigenvalue weighted by molar-refractivity contribution is -0.137. The average molecular weight is 361 g/mol. The summed E-state index contributed by atoms with van der Waals surface area (Å²) in [6.45, 7) is 4.13. The highest BCUT2D eigenvalue weighted by Crippen LogP contribution is 2.39. The van der Waals surface area contributed by atoms with Gasteiger partial charge in [0.05, 0.1) is 35.6 Å². The zero-order chi connectivity index (χ0) is 18.9. The Hall–Kier alpha value is -2.82. The van der Waals surface area contributed by atoms with Crippen LogP contribution in [0.25, 0.3) is 5.70 Å². The highest BCUT2D eigenvalue weighted by molar-refractivity contribution is 5.56. The van der Waals surface area contributed by atoms with Gasteiger partial charge < -0.3 is 5.32 Å². The van der Waals surface area contributed by atoms with Crippen molar-refractivity contribution in [1.82, 2.24) is 15.0 Å². The topological polar surface area (TPSA) is 66.5 Å². The van der Waals surface area contributed by atoms with Crippen molar-refractivity contribution >= 4 is 11.4 Å². The van der Waals surface area contributed by atoms with Gasteiger partial charge in [-0.15, -0.1) is 5.10 Å². The van der Waals surface area contributed by atoms with Gasteiger partial charge in [-0.3, -0.25) is 0 Å². The molecule has 0 radical (unpaired) electrons. The summed E-state index contributed by atoms with van der Waals surface area (Å²) in [4.78, 5) is 0. The Bertz CT molecular complexity index is 860. The Balaban J connectivity index is 1.93. The molecule has 3 rings (SSSR count). The van der Waals surface area contributed by atoms with Crippen LogP contribution < -0.4 is 5.32 Å². The van der Waals surface area contributed by atoms with Crippen LogP contribution in [-0.2, 0) is 6.18 Å². The molecule has 0 aliphatic heterocycles. The molecule has 1 aliphatic rings. The van der Waals surface area contributed by atoms with E-state index in [2.05, 4.69) is 29.5 Å². The number of aromatic nitrogens is 3. The van der Waals surface area contributed by atoms with Crippen molar-refractivity contribution in [2.24, 2.45) is 5.41 Å². The quantitative estimate of drug-likeness (QED) is 0.885. The Kier molecular flexibility index (Phi) is 4.48. The Morgan fingerprint density at radius 3 is 2.73 bits per heavy atom. The lowest BCUT2D eigenvalue weighted by Crippen LogP contribution is -2.38. The number of hydrogen-bond donors (Lipinski definition) is 1. The van der Waals surface area contributed by atoms with Crippen molar-refractivity contribution < 1.29 is 13.2 Å². The molecular formula is C18H18F3N5. The van der Waals surface area contributed by atoms with Gasteiger partial charge in [-0.2, -0.15) is 18.4 Å². The summed E-state index contributed by atoms with van der Waals surface area (Å²) in [5, 5.41) is 19.9. The summed E-state index contributed by atoms with van der Waals surface area (Å²) >= 11 is 0. The largest absolute Gasteiger partial charge is 0.417 e. The minimum absolute atomic E-state index is 0.156. The Labute approximate surface area is 149 Å². The Morgan fingerprint density at radius 1 is 1.35 bits per heavy atom. The maximum absolute atomic E-state index is 13.2. The van der Waals surface area contributed by atoms with Crippen LogP contribution in [0.15, 0.2) is 36.7 Å². The van der Waals surface area contributed by atoms with Crippen LogP contribution in [0.5, 0.6) is 0 Å². The zero-order valence-electron chi connectivity index (χ0n) is 14.4. The molecule has 1 aliphatic carbocycles. The molecular weight excluding hydrogens is 343 g/mol. The monoisotopic (exact) mass is 361 g/mol. The molecule has 0 fully saturated rings. The summed E-state index contributed by atoms with van der Waals surface area (Å²) in [6.07, 6.45) is 2.37. The first-order valence-corrected chi connectivity index (χ1v) is 8.16. The smallest absolute Gasteiger partial charge is 0.378 e. The molecule has 8 heteroatoms. The van der Waals surface area contributed by atoms with Crippen LogP contribution in [0.4, 0.5) is 18.9 Å². The van der Waals surface area contributed by atoms with Crippen LogP contribution >= 0.6 is 0 Å². The number of allylic oxidation sites excluding steroid dienone is 1. The van der Waals surface area contributed by atoms with E-state index in [1.165, 1.54) is 12.1 Å². The first-order valence-electron chi connectivity index (χ1n) is 8.16. The first kappa shape index (κ1) is 18.0. The highest BCUT2D eigenvalue weighted by Gasteiger charge is 2.35. The predicted octanol–water partition coefficient (Wildman–Crippen LogP) is 4.31. The maximum Gasteiger partial charge on any atom is 0.417 e. The zero-order valence-corrected chi connectivity index (χ0v) is 14.4. The number of hydrogen-bond acceptors (Lipinski definition) is 4. The van der Waals surface area contributed by atoms with Crippen molar-refractivity contribution in [3.63, 3.8) is 0 Å². The number of nitrogens with zero attached hydrogens (tertiary/aromatic N) is 4. The third kappa shape index (κ3) is 3.57. The van der Waals surface area contributed by atoms with Gasteiger partial charge in [-0.25, -0.2) is 4.68 Å². The van der Waals surface area contributed by atoms with Crippen LogP contribution in [0.1, 0.15) is 37.8 Å². The summed E-state index contributed by atoms with van der Waals surface area (Å²) in [6, 6.07) is 5.10. The van der Waals surface area contributed by atoms with E-state index in [9.17, 15) is 13.2 Å². The van der Waals surface area contributed by atoms with E-state index in [0.29, 0.717) is 5.69 Å². The third-order valence-electron chi connectivity index (χ3n) is 4.71. The highest BCUT2D eigenvalue weighted by atomic mass is 19.4. The van der Waals surface area contributed by atoms with Gasteiger partial charge in [0, 0.05) is 11.4 Å². The molecule has 1 aromatic heterocycles. The lowest BCUT2D eigenvalue weighted by Gasteiger charge is -2.38. The van der Waals surface area contributed by atoms with Crippen molar-refractivity contribution in [1.29, 1.82) is 5.26 Å². The van der Waals surface area contributed by atoms with Crippen LogP contribution in [-0.4, -0.2) is 21.0 Å². The second-order valence-corrected chi connectivity index (χ2v) is 6.99. The van der Waals surface area contributed by atoms with E-state index in [1.807, 2.05) is 6.08 Å². The summed E-state index contributed by atoms with van der Waals surface area (Å²) in [5.74, 6) is 0. The molecule has 0 bridgehead atoms. The fourth-order valence-electron chi connectivity index (χ4n) is 3.04. The number of alkyl halides is 3. The molecule has 1 aromatic carbocycles. The number of anilines is 1. The normalized spacial score (nSPS) is 19.5. The summed E-state index contributed by atoms with van der Waals surface area (Å²) < 4.78 is 41.2. The fraction of sp³-hybridized carbons (Fsp3) is 0.389. The van der Waals surface area contributed by atoms with Crippen LogP contribution in [0, 0.1) is 16.7 Å². The van der Waals surface area contributed by atoms with E-state index < -0.39 is 11.7 Å². The fourth-order valence-corrected chi connectivity index (χ4v) is 3.04. The number of benzene rings is 1. The molecule has 0 spiro atoms. The van der Waals surface area contributed by atoms with Gasteiger partial charge in [-0.1, -0.05) is 19.1 Å². The minimum atomic E-state index is -4.58. The Morgan fingerprint density at radius 2 is 2.12 bits per heavy atom. The van der Waals surface area contributed by atoms with Gasteiger partial charge in [0.15, 0.2) is 0 Å². The summed E-state index contributed by atoms with van der Waals surface area (Å²) in [7, 11) is 0. The molecule has 0 saturated carbocycles. The van der Waals surface area contributed by atoms with E-state index in [4.69, 9.17) is 5.26 Å². The van der Waals surface area contributed by atoms with Gasteiger partial charge in [-0.05, 0) is 42.5 Å². The predicted molar refractivity (Wildman–Crippen MR) is 90.9 cm³/mol. The molecule has 1 atom stereocenters. The number of nitrogens with one attached hydrogen (secondary N) is 1. The first-order chi connectivity index (χ1) is 12.2. The molecule has 0 amide bonds. The second-order valence-electron chi connectivity index (χ2n) is 6.99. The summed E-state index contributed by atoms with van der Waals surface area (Å²) in [5.41, 5.74) is -0.200.